The monoisotopic (exact) mass is 326 g/mol. The zero-order chi connectivity index (χ0) is 16.3. The van der Waals surface area contributed by atoms with Crippen LogP contribution in [0.2, 0.25) is 0 Å². The van der Waals surface area contributed by atoms with Crippen LogP contribution in [0.25, 0.3) is 0 Å². The van der Waals surface area contributed by atoms with Gasteiger partial charge in [-0.15, -0.1) is 0 Å². The van der Waals surface area contributed by atoms with Crippen molar-refractivity contribution < 1.29 is 31.5 Å². The molecule has 3 N–H and O–H groups in total. The van der Waals surface area contributed by atoms with E-state index >= 15 is 0 Å². The van der Waals surface area contributed by atoms with Gasteiger partial charge in [-0.05, 0) is 18.2 Å². The Balaban J connectivity index is 2.85. The number of alkyl halides is 3. The summed E-state index contributed by atoms with van der Waals surface area (Å²) < 4.78 is 61.3. The van der Waals surface area contributed by atoms with E-state index in [1.54, 1.807) is 0 Å². The van der Waals surface area contributed by atoms with Crippen LogP contribution in [0.3, 0.4) is 0 Å². The first-order chi connectivity index (χ1) is 9.50. The van der Waals surface area contributed by atoms with Gasteiger partial charge < -0.3 is 10.4 Å². The number of carbonyl (C=O) groups is 1. The Morgan fingerprint density at radius 3 is 2.38 bits per heavy atom. The van der Waals surface area contributed by atoms with Crippen molar-refractivity contribution in [2.45, 2.75) is 6.18 Å². The summed E-state index contributed by atoms with van der Waals surface area (Å²) in [7, 11) is -3.39. The van der Waals surface area contributed by atoms with E-state index in [0.29, 0.717) is 6.07 Å². The van der Waals surface area contributed by atoms with Crippen molar-refractivity contribution in [1.82, 2.24) is 4.72 Å². The van der Waals surface area contributed by atoms with E-state index in [4.69, 9.17) is 5.11 Å². The second-order valence-corrected chi connectivity index (χ2v) is 5.99. The van der Waals surface area contributed by atoms with Gasteiger partial charge in [0, 0.05) is 18.8 Å². The summed E-state index contributed by atoms with van der Waals surface area (Å²) in [5, 5.41) is 11.5. The van der Waals surface area contributed by atoms with Crippen molar-refractivity contribution in [3.63, 3.8) is 0 Å². The molecular weight excluding hydrogens is 313 g/mol. The zero-order valence-corrected chi connectivity index (χ0v) is 11.7. The fourth-order valence-corrected chi connectivity index (χ4v) is 1.96. The minimum absolute atomic E-state index is 0.0224. The van der Waals surface area contributed by atoms with Crippen molar-refractivity contribution in [3.8, 4) is 0 Å². The highest BCUT2D eigenvalue weighted by molar-refractivity contribution is 7.88. The van der Waals surface area contributed by atoms with Crippen molar-refractivity contribution in [1.29, 1.82) is 0 Å². The molecule has 1 rings (SSSR count). The second-order valence-electron chi connectivity index (χ2n) is 4.16. The molecule has 0 aliphatic heterocycles. The lowest BCUT2D eigenvalue weighted by atomic mass is 10.1. The molecule has 21 heavy (non-hydrogen) atoms. The third-order valence-corrected chi connectivity index (χ3v) is 3.11. The van der Waals surface area contributed by atoms with E-state index in [2.05, 4.69) is 10.0 Å². The van der Waals surface area contributed by atoms with Crippen LogP contribution >= 0.6 is 0 Å². The Labute approximate surface area is 119 Å². The number of halogens is 3. The Bertz CT molecular complexity index is 629. The summed E-state index contributed by atoms with van der Waals surface area (Å²) >= 11 is 0. The highest BCUT2D eigenvalue weighted by Gasteiger charge is 2.31. The molecule has 6 nitrogen and oxygen atoms in total. The molecule has 0 bridgehead atoms. The molecule has 0 aliphatic carbocycles. The third kappa shape index (κ3) is 5.60. The summed E-state index contributed by atoms with van der Waals surface area (Å²) in [6.07, 6.45) is -3.69. The van der Waals surface area contributed by atoms with Crippen LogP contribution < -0.4 is 10.0 Å². The molecule has 10 heteroatoms. The minimum Gasteiger partial charge on any atom is -0.478 e. The average Bonchev–Trinajstić information content (AvgIpc) is 2.32. The number of carboxylic acid groups (broad SMARTS) is 1. The van der Waals surface area contributed by atoms with Crippen LogP contribution in [0.15, 0.2) is 18.2 Å². The molecule has 0 aliphatic rings. The first-order valence-electron chi connectivity index (χ1n) is 5.64. The highest BCUT2D eigenvalue weighted by atomic mass is 32.2. The predicted molar refractivity (Wildman–Crippen MR) is 69.7 cm³/mol. The standard InChI is InChI=1S/C11H13F3N2O4S/c1-21(19,20)16-5-4-15-9-3-2-7(11(12,13)14)6-8(9)10(17)18/h2-3,6,15-16H,4-5H2,1H3,(H,17,18). The lowest BCUT2D eigenvalue weighted by Crippen LogP contribution is -2.28. The largest absolute Gasteiger partial charge is 0.478 e. The molecule has 0 saturated carbocycles. The van der Waals surface area contributed by atoms with Crippen LogP contribution in [0, 0.1) is 0 Å². The molecule has 0 heterocycles. The Morgan fingerprint density at radius 1 is 1.29 bits per heavy atom. The van der Waals surface area contributed by atoms with Crippen LogP contribution in [0.5, 0.6) is 0 Å². The van der Waals surface area contributed by atoms with E-state index in [1.165, 1.54) is 0 Å². The van der Waals surface area contributed by atoms with Gasteiger partial charge in [-0.25, -0.2) is 17.9 Å². The maximum absolute atomic E-state index is 12.5. The Morgan fingerprint density at radius 2 is 1.90 bits per heavy atom. The summed E-state index contributed by atoms with van der Waals surface area (Å²) in [5.74, 6) is -1.51. The fourth-order valence-electron chi connectivity index (χ4n) is 1.49. The maximum Gasteiger partial charge on any atom is 0.416 e. The van der Waals surface area contributed by atoms with Crippen molar-refractivity contribution >= 4 is 21.7 Å². The first kappa shape index (κ1) is 17.2. The van der Waals surface area contributed by atoms with E-state index in [9.17, 15) is 26.4 Å². The molecule has 0 aromatic heterocycles. The van der Waals surface area contributed by atoms with Crippen molar-refractivity contribution in [2.75, 3.05) is 24.7 Å². The van der Waals surface area contributed by atoms with Crippen molar-refractivity contribution in [3.05, 3.63) is 29.3 Å². The SMILES string of the molecule is CS(=O)(=O)NCCNc1ccc(C(F)(F)F)cc1C(=O)O. The van der Waals surface area contributed by atoms with Gasteiger partial charge in [0.25, 0.3) is 0 Å². The van der Waals surface area contributed by atoms with Crippen LogP contribution in [0.4, 0.5) is 18.9 Å². The smallest absolute Gasteiger partial charge is 0.416 e. The van der Waals surface area contributed by atoms with Gasteiger partial charge in [0.05, 0.1) is 17.4 Å². The fraction of sp³-hybridized carbons (Fsp3) is 0.364. The van der Waals surface area contributed by atoms with Gasteiger partial charge >= 0.3 is 12.1 Å². The van der Waals surface area contributed by atoms with Crippen LogP contribution in [-0.2, 0) is 16.2 Å². The van der Waals surface area contributed by atoms with E-state index in [0.717, 1.165) is 18.4 Å². The second kappa shape index (κ2) is 6.31. The van der Waals surface area contributed by atoms with Gasteiger partial charge in [0.2, 0.25) is 10.0 Å². The third-order valence-electron chi connectivity index (χ3n) is 2.38. The van der Waals surface area contributed by atoms with E-state index in [-0.39, 0.29) is 18.8 Å². The molecule has 0 saturated heterocycles. The van der Waals surface area contributed by atoms with E-state index < -0.39 is 33.3 Å². The first-order valence-corrected chi connectivity index (χ1v) is 7.53. The number of hydrogen-bond donors (Lipinski definition) is 3. The number of anilines is 1. The molecule has 0 fully saturated rings. The molecular formula is C11H13F3N2O4S. The number of benzene rings is 1. The van der Waals surface area contributed by atoms with Gasteiger partial charge in [-0.1, -0.05) is 0 Å². The summed E-state index contributed by atoms with van der Waals surface area (Å²) in [6.45, 7) is -0.00235. The topological polar surface area (TPSA) is 95.5 Å². The van der Waals surface area contributed by atoms with Crippen molar-refractivity contribution in [2.24, 2.45) is 0 Å². The summed E-state index contributed by atoms with van der Waals surface area (Å²) in [5.41, 5.74) is -1.63. The predicted octanol–water partition coefficient (Wildman–Crippen LogP) is 1.36. The molecule has 0 radical (unpaired) electrons. The molecule has 0 unspecified atom stereocenters. The molecule has 1 aromatic rings. The normalized spacial score (nSPS) is 12.2. The number of rotatable bonds is 6. The van der Waals surface area contributed by atoms with Gasteiger partial charge in [0.15, 0.2) is 0 Å². The quantitative estimate of drug-likeness (QED) is 0.686. The van der Waals surface area contributed by atoms with E-state index in [1.807, 2.05) is 0 Å². The number of nitrogens with one attached hydrogen (secondary N) is 2. The molecule has 1 aromatic carbocycles. The Hall–Kier alpha value is -1.81. The highest BCUT2D eigenvalue weighted by Crippen LogP contribution is 2.31. The van der Waals surface area contributed by atoms with Gasteiger partial charge in [-0.3, -0.25) is 0 Å². The zero-order valence-electron chi connectivity index (χ0n) is 10.9. The molecule has 118 valence electrons. The number of hydrogen-bond acceptors (Lipinski definition) is 4. The summed E-state index contributed by atoms with van der Waals surface area (Å²) in [4.78, 5) is 11.0. The lowest BCUT2D eigenvalue weighted by Gasteiger charge is -2.13. The van der Waals surface area contributed by atoms with Gasteiger partial charge in [-0.2, -0.15) is 13.2 Å². The van der Waals surface area contributed by atoms with Crippen LogP contribution in [-0.4, -0.2) is 38.8 Å². The Kier molecular flexibility index (Phi) is 5.18. The minimum atomic E-state index is -4.64. The maximum atomic E-state index is 12.5. The van der Waals surface area contributed by atoms with Crippen LogP contribution in [0.1, 0.15) is 15.9 Å². The molecule has 0 atom stereocenters. The van der Waals surface area contributed by atoms with Gasteiger partial charge in [0.1, 0.15) is 0 Å². The average molecular weight is 326 g/mol. The number of sulfonamides is 1. The molecule has 0 spiro atoms. The number of aromatic carboxylic acids is 1. The molecule has 0 amide bonds. The lowest BCUT2D eigenvalue weighted by molar-refractivity contribution is -0.137. The summed E-state index contributed by atoms with van der Waals surface area (Å²) in [6, 6.07) is 2.26. The number of carboxylic acids is 1.